The highest BCUT2D eigenvalue weighted by Gasteiger charge is 2.35. The van der Waals surface area contributed by atoms with Gasteiger partial charge in [0.25, 0.3) is 0 Å². The molecule has 24 nitrogen and oxygen atoms in total. The van der Waals surface area contributed by atoms with Crippen molar-refractivity contribution in [3.8, 4) is 0 Å². The van der Waals surface area contributed by atoms with Crippen LogP contribution in [0, 0.1) is 5.92 Å². The largest absolute Gasteiger partial charge is 0.480 e. The number of carbonyl (C=O) groups excluding carboxylic acids is 5. The second kappa shape index (κ2) is 27.2. The molecular weight excluding hydrogens is 903 g/mol. The highest BCUT2D eigenvalue weighted by atomic mass is 16.4. The van der Waals surface area contributed by atoms with Crippen LogP contribution in [0.2, 0.25) is 0 Å². The van der Waals surface area contributed by atoms with Gasteiger partial charge in [0.2, 0.25) is 29.5 Å². The molecule has 380 valence electrons. The quantitative estimate of drug-likeness (QED) is 0.0167. The SMILES string of the molecule is CC[C@H](C)[C@H](NC(=O)[C@H](Cc1c[nH]c2ccccc12)NC(=O)[C@H](Cc1c[nH]c2ccccc12)NC(=O)[C@H](CCCN=C(N)N)NC(=O)[C@@H](N)CCCN=C(N)N)C(=O)N[C@@H](CCCN=C(N)N)C(=O)O. The van der Waals surface area contributed by atoms with Gasteiger partial charge >= 0.3 is 5.97 Å². The number of guanidine groups is 3. The fraction of sp³-hybridized carbons (Fsp3) is 0.457. The van der Waals surface area contributed by atoms with Crippen molar-refractivity contribution < 1.29 is 33.9 Å². The van der Waals surface area contributed by atoms with Crippen LogP contribution < -0.4 is 66.7 Å². The predicted molar refractivity (Wildman–Crippen MR) is 268 cm³/mol. The summed E-state index contributed by atoms with van der Waals surface area (Å²) in [5, 5.41) is 25.3. The Kier molecular flexibility index (Phi) is 21.3. The number of carboxylic acid groups (broad SMARTS) is 1. The first-order chi connectivity index (χ1) is 33.4. The van der Waals surface area contributed by atoms with Gasteiger partial charge in [-0.05, 0) is 67.7 Å². The Morgan fingerprint density at radius 2 is 0.957 bits per heavy atom. The first-order valence-electron chi connectivity index (χ1n) is 23.1. The number of aliphatic carboxylic acids is 1. The molecule has 0 bridgehead atoms. The van der Waals surface area contributed by atoms with E-state index in [-0.39, 0.29) is 82.5 Å². The van der Waals surface area contributed by atoms with Gasteiger partial charge in [-0.3, -0.25) is 38.9 Å². The predicted octanol–water partition coefficient (Wildman–Crippen LogP) is -1.52. The summed E-state index contributed by atoms with van der Waals surface area (Å²) in [7, 11) is 0. The summed E-state index contributed by atoms with van der Waals surface area (Å²) < 4.78 is 0. The number of H-pyrrole nitrogens is 2. The average molecular weight is 972 g/mol. The van der Waals surface area contributed by atoms with Gasteiger partial charge in [-0.2, -0.15) is 0 Å². The van der Waals surface area contributed by atoms with Crippen molar-refractivity contribution in [3.63, 3.8) is 0 Å². The molecule has 0 aliphatic heterocycles. The van der Waals surface area contributed by atoms with Crippen LogP contribution in [-0.4, -0.2) is 124 Å². The van der Waals surface area contributed by atoms with Gasteiger partial charge in [0.05, 0.1) is 6.04 Å². The molecular formula is C46H69N17O7. The average Bonchev–Trinajstić information content (AvgIpc) is 3.93. The third kappa shape index (κ3) is 17.0. The highest BCUT2D eigenvalue weighted by Crippen LogP contribution is 2.22. The Morgan fingerprint density at radius 3 is 1.41 bits per heavy atom. The third-order valence-electron chi connectivity index (χ3n) is 11.7. The van der Waals surface area contributed by atoms with Crippen molar-refractivity contribution in [1.82, 2.24) is 36.6 Å². The van der Waals surface area contributed by atoms with Crippen LogP contribution in [-0.2, 0) is 41.6 Å². The molecule has 5 amide bonds. The number of aromatic amines is 2. The lowest BCUT2D eigenvalue weighted by Crippen LogP contribution is -2.60. The van der Waals surface area contributed by atoms with Crippen LogP contribution in [0.3, 0.4) is 0 Å². The summed E-state index contributed by atoms with van der Waals surface area (Å²) in [6.07, 6.45) is 4.78. The Morgan fingerprint density at radius 1 is 0.557 bits per heavy atom. The molecule has 2 aromatic heterocycles. The fourth-order valence-corrected chi connectivity index (χ4v) is 7.68. The van der Waals surface area contributed by atoms with E-state index in [9.17, 15) is 33.9 Å². The number of fused-ring (bicyclic) bond motifs is 2. The summed E-state index contributed by atoms with van der Waals surface area (Å²) >= 11 is 0. The zero-order chi connectivity index (χ0) is 51.3. The number of rotatable bonds is 29. The van der Waals surface area contributed by atoms with Gasteiger partial charge in [-0.15, -0.1) is 0 Å². The number of carbonyl (C=O) groups is 6. The second-order valence-electron chi connectivity index (χ2n) is 17.0. The maximum absolute atomic E-state index is 14.9. The van der Waals surface area contributed by atoms with Gasteiger partial charge in [0.1, 0.15) is 30.2 Å². The number of carboxylic acids is 1. The minimum absolute atomic E-state index is 0.00385. The van der Waals surface area contributed by atoms with E-state index < -0.39 is 77.7 Å². The van der Waals surface area contributed by atoms with E-state index in [4.69, 9.17) is 40.1 Å². The molecule has 0 spiro atoms. The molecule has 0 aliphatic carbocycles. The van der Waals surface area contributed by atoms with Crippen LogP contribution >= 0.6 is 0 Å². The Hall–Kier alpha value is -7.89. The maximum Gasteiger partial charge on any atom is 0.326 e. The van der Waals surface area contributed by atoms with Crippen molar-refractivity contribution in [2.75, 3.05) is 19.6 Å². The van der Waals surface area contributed by atoms with Gasteiger partial charge in [0.15, 0.2) is 17.9 Å². The highest BCUT2D eigenvalue weighted by molar-refractivity contribution is 5.97. The van der Waals surface area contributed by atoms with E-state index in [0.717, 1.165) is 21.8 Å². The van der Waals surface area contributed by atoms with Crippen LogP contribution in [0.25, 0.3) is 21.8 Å². The number of nitrogens with one attached hydrogen (secondary N) is 7. The molecule has 0 radical (unpaired) electrons. The molecule has 0 unspecified atom stereocenters. The molecule has 2 heterocycles. The van der Waals surface area contributed by atoms with Crippen LogP contribution in [0.15, 0.2) is 75.9 Å². The molecule has 2 aromatic carbocycles. The lowest BCUT2D eigenvalue weighted by molar-refractivity contribution is -0.143. The lowest BCUT2D eigenvalue weighted by Gasteiger charge is -2.29. The topological polar surface area (TPSA) is 434 Å². The zero-order valence-corrected chi connectivity index (χ0v) is 39.6. The molecule has 7 atom stereocenters. The monoisotopic (exact) mass is 972 g/mol. The second-order valence-corrected chi connectivity index (χ2v) is 17.0. The Labute approximate surface area is 405 Å². The third-order valence-corrected chi connectivity index (χ3v) is 11.7. The molecule has 24 heteroatoms. The van der Waals surface area contributed by atoms with Gasteiger partial charge < -0.3 is 81.8 Å². The summed E-state index contributed by atoms with van der Waals surface area (Å²) in [5.41, 5.74) is 41.8. The normalized spacial score (nSPS) is 14.1. The van der Waals surface area contributed by atoms with E-state index in [1.807, 2.05) is 55.5 Å². The summed E-state index contributed by atoms with van der Waals surface area (Å²) in [4.78, 5) is 102. The standard InChI is InChI=1S/C46H69N17O7/c1-3-25(2)37(42(68)60-34(43(69)70)17-10-20-56-46(52)53)63-41(67)36(22-27-24-58-32-15-7-5-12-29(27)32)62-40(66)35(21-26-23-57-31-14-6-4-11-28(26)31)61-39(65)33(16-9-19-55-45(50)51)59-38(64)30(47)13-8-18-54-44(48)49/h4-7,11-12,14-15,23-25,30,33-37,57-58H,3,8-10,13,16-22,47H2,1-2H3,(H,59,64)(H,60,68)(H,61,65)(H,62,66)(H,63,67)(H,69,70)(H4,48,49,54)(H4,50,51,55)(H4,52,53,56)/t25-,30-,33-,34-,35-,36-,37-/m0/s1. The number of nitrogens with two attached hydrogens (primary N) is 7. The first kappa shape index (κ1) is 54.7. The molecule has 0 saturated carbocycles. The summed E-state index contributed by atoms with van der Waals surface area (Å²) in [5.74, 6) is -5.86. The summed E-state index contributed by atoms with van der Waals surface area (Å²) in [6.45, 7) is 4.03. The number of hydrogen-bond donors (Lipinski definition) is 15. The van der Waals surface area contributed by atoms with Crippen molar-refractivity contribution >= 4 is 75.2 Å². The van der Waals surface area contributed by atoms with Crippen LogP contribution in [0.1, 0.15) is 69.9 Å². The number of benzene rings is 2. The Balaban J connectivity index is 1.69. The zero-order valence-electron chi connectivity index (χ0n) is 39.6. The van der Waals surface area contributed by atoms with E-state index in [2.05, 4.69) is 51.5 Å². The van der Waals surface area contributed by atoms with Crippen molar-refractivity contribution in [3.05, 3.63) is 72.1 Å². The van der Waals surface area contributed by atoms with E-state index in [0.29, 0.717) is 24.0 Å². The minimum Gasteiger partial charge on any atom is -0.480 e. The number of hydrogen-bond acceptors (Lipinski definition) is 10. The maximum atomic E-state index is 14.9. The first-order valence-corrected chi connectivity index (χ1v) is 23.1. The van der Waals surface area contributed by atoms with Gasteiger partial charge in [0, 0.05) is 66.7 Å². The van der Waals surface area contributed by atoms with Crippen LogP contribution in [0.4, 0.5) is 0 Å². The number of aliphatic imine (C=N–C) groups is 3. The molecule has 0 fully saturated rings. The summed E-state index contributed by atoms with van der Waals surface area (Å²) in [6, 6.07) is 7.23. The van der Waals surface area contributed by atoms with Crippen molar-refractivity contribution in [1.29, 1.82) is 0 Å². The molecule has 4 rings (SSSR count). The smallest absolute Gasteiger partial charge is 0.326 e. The van der Waals surface area contributed by atoms with Crippen molar-refractivity contribution in [2.24, 2.45) is 61.0 Å². The fourth-order valence-electron chi connectivity index (χ4n) is 7.68. The lowest BCUT2D eigenvalue weighted by atomic mass is 9.96. The van der Waals surface area contributed by atoms with Crippen LogP contribution in [0.5, 0.6) is 0 Å². The van der Waals surface area contributed by atoms with Gasteiger partial charge in [-0.25, -0.2) is 4.79 Å². The molecule has 4 aromatic rings. The van der Waals surface area contributed by atoms with E-state index in [1.54, 1.807) is 19.3 Å². The van der Waals surface area contributed by atoms with Gasteiger partial charge in [-0.1, -0.05) is 56.7 Å². The molecule has 70 heavy (non-hydrogen) atoms. The molecule has 0 saturated heterocycles. The minimum atomic E-state index is -1.35. The van der Waals surface area contributed by atoms with Crippen molar-refractivity contribution in [2.45, 2.75) is 108 Å². The van der Waals surface area contributed by atoms with E-state index in [1.165, 1.54) is 0 Å². The van der Waals surface area contributed by atoms with E-state index >= 15 is 0 Å². The number of nitrogens with zero attached hydrogens (tertiary/aromatic N) is 3. The number of aromatic nitrogens is 2. The molecule has 0 aliphatic rings. The Bertz CT molecular complexity index is 2490. The number of amides is 5. The number of para-hydroxylation sites is 2. The molecule has 22 N–H and O–H groups in total.